The first-order valence-electron chi connectivity index (χ1n) is 5.26. The van der Waals surface area contributed by atoms with Gasteiger partial charge < -0.3 is 5.11 Å². The largest absolute Gasteiger partial charge is 0.506 e. The lowest BCUT2D eigenvalue weighted by molar-refractivity contribution is 0.470. The second-order valence-corrected chi connectivity index (χ2v) is 6.37. The number of phenolic OH excluding ortho intramolecular Hbond substituents is 1. The molecule has 106 valence electrons. The van der Waals surface area contributed by atoms with Gasteiger partial charge in [-0.1, -0.05) is 23.2 Å². The van der Waals surface area contributed by atoms with E-state index >= 15 is 0 Å². The molecule has 0 unspecified atom stereocenters. The van der Waals surface area contributed by atoms with E-state index in [2.05, 4.69) is 0 Å². The summed E-state index contributed by atoms with van der Waals surface area (Å²) in [5, 5.41) is 9.42. The Kier molecular flexibility index (Phi) is 4.08. The third kappa shape index (κ3) is 3.15. The lowest BCUT2D eigenvalue weighted by Crippen LogP contribution is -2.13. The Balaban J connectivity index is 2.38. The average Bonchev–Trinajstić information content (AvgIpc) is 2.36. The standard InChI is InChI=1S/C12H8Cl2FNO3S/c13-7-1-3-8(4-2-7)20(18,19)16-11-5-9(14)12(17)6-10(11)15/h1-6,16-17H. The van der Waals surface area contributed by atoms with Gasteiger partial charge in [-0.05, 0) is 30.3 Å². The average molecular weight is 336 g/mol. The van der Waals surface area contributed by atoms with Gasteiger partial charge in [-0.2, -0.15) is 0 Å². The molecule has 0 saturated heterocycles. The molecule has 8 heteroatoms. The fourth-order valence-corrected chi connectivity index (χ4v) is 2.78. The highest BCUT2D eigenvalue weighted by atomic mass is 35.5. The highest BCUT2D eigenvalue weighted by Gasteiger charge is 2.17. The van der Waals surface area contributed by atoms with Crippen LogP contribution >= 0.6 is 23.2 Å². The van der Waals surface area contributed by atoms with E-state index in [4.69, 9.17) is 23.2 Å². The van der Waals surface area contributed by atoms with Crippen LogP contribution in [0.15, 0.2) is 41.3 Å². The van der Waals surface area contributed by atoms with Crippen molar-refractivity contribution in [1.82, 2.24) is 0 Å². The first-order chi connectivity index (χ1) is 9.29. The Morgan fingerprint density at radius 1 is 1.10 bits per heavy atom. The van der Waals surface area contributed by atoms with Gasteiger partial charge >= 0.3 is 0 Å². The van der Waals surface area contributed by atoms with E-state index in [9.17, 15) is 17.9 Å². The summed E-state index contributed by atoms with van der Waals surface area (Å²) in [6.45, 7) is 0. The van der Waals surface area contributed by atoms with Gasteiger partial charge in [0, 0.05) is 11.1 Å². The monoisotopic (exact) mass is 335 g/mol. The molecule has 2 rings (SSSR count). The van der Waals surface area contributed by atoms with E-state index in [0.29, 0.717) is 5.02 Å². The van der Waals surface area contributed by atoms with Crippen molar-refractivity contribution in [3.8, 4) is 5.75 Å². The maximum Gasteiger partial charge on any atom is 0.261 e. The molecule has 0 bridgehead atoms. The number of hydrogen-bond donors (Lipinski definition) is 2. The number of anilines is 1. The smallest absolute Gasteiger partial charge is 0.261 e. The maximum absolute atomic E-state index is 13.6. The molecule has 0 amide bonds. The topological polar surface area (TPSA) is 66.4 Å². The van der Waals surface area contributed by atoms with Gasteiger partial charge in [0.15, 0.2) is 5.82 Å². The predicted molar refractivity (Wildman–Crippen MR) is 75.3 cm³/mol. The minimum Gasteiger partial charge on any atom is -0.506 e. The molecule has 0 aromatic heterocycles. The summed E-state index contributed by atoms with van der Waals surface area (Å²) in [7, 11) is -3.97. The quantitative estimate of drug-likeness (QED) is 0.841. The van der Waals surface area contributed by atoms with Crippen molar-refractivity contribution in [3.05, 3.63) is 52.3 Å². The molecule has 0 saturated carbocycles. The lowest BCUT2D eigenvalue weighted by Gasteiger charge is -2.10. The zero-order valence-electron chi connectivity index (χ0n) is 9.77. The zero-order valence-corrected chi connectivity index (χ0v) is 12.1. The number of rotatable bonds is 3. The number of halogens is 3. The van der Waals surface area contributed by atoms with E-state index < -0.39 is 21.6 Å². The maximum atomic E-state index is 13.6. The molecule has 0 aliphatic rings. The van der Waals surface area contributed by atoms with Crippen LogP contribution in [-0.2, 0) is 10.0 Å². The number of phenols is 1. The summed E-state index contributed by atoms with van der Waals surface area (Å²) in [6.07, 6.45) is 0. The Hall–Kier alpha value is -1.50. The molecule has 2 N–H and O–H groups in total. The first-order valence-corrected chi connectivity index (χ1v) is 7.50. The molecule has 0 fully saturated rings. The van der Waals surface area contributed by atoms with E-state index in [0.717, 1.165) is 12.1 Å². The van der Waals surface area contributed by atoms with Crippen LogP contribution in [0.1, 0.15) is 0 Å². The van der Waals surface area contributed by atoms with Gasteiger partial charge in [0.05, 0.1) is 15.6 Å². The van der Waals surface area contributed by atoms with Crippen molar-refractivity contribution in [3.63, 3.8) is 0 Å². The molecule has 0 radical (unpaired) electrons. The van der Waals surface area contributed by atoms with Crippen LogP contribution in [0, 0.1) is 5.82 Å². The molecule has 0 heterocycles. The zero-order chi connectivity index (χ0) is 14.9. The molecule has 2 aromatic rings. The molecule has 4 nitrogen and oxygen atoms in total. The van der Waals surface area contributed by atoms with Gasteiger partial charge in [-0.3, -0.25) is 4.72 Å². The van der Waals surface area contributed by atoms with Crippen molar-refractivity contribution >= 4 is 38.9 Å². The SMILES string of the molecule is O=S(=O)(Nc1cc(Cl)c(O)cc1F)c1ccc(Cl)cc1. The first kappa shape index (κ1) is 14.9. The molecule has 0 aliphatic heterocycles. The van der Waals surface area contributed by atoms with E-state index in [-0.39, 0.29) is 15.6 Å². The molecule has 0 aliphatic carbocycles. The van der Waals surface area contributed by atoms with Crippen LogP contribution in [0.2, 0.25) is 10.0 Å². The van der Waals surface area contributed by atoms with Crippen molar-refractivity contribution in [2.24, 2.45) is 0 Å². The Morgan fingerprint density at radius 3 is 2.30 bits per heavy atom. The van der Waals surface area contributed by atoms with E-state index in [1.807, 2.05) is 4.72 Å². The molecule has 0 atom stereocenters. The minimum absolute atomic E-state index is 0.0782. The van der Waals surface area contributed by atoms with Gasteiger partial charge in [0.1, 0.15) is 5.75 Å². The number of hydrogen-bond acceptors (Lipinski definition) is 3. The summed E-state index contributed by atoms with van der Waals surface area (Å²) in [6, 6.07) is 7.07. The van der Waals surface area contributed by atoms with Gasteiger partial charge in [-0.15, -0.1) is 0 Å². The van der Waals surface area contributed by atoms with Crippen LogP contribution in [0.25, 0.3) is 0 Å². The van der Waals surface area contributed by atoms with E-state index in [1.54, 1.807) is 0 Å². The van der Waals surface area contributed by atoms with Gasteiger partial charge in [-0.25, -0.2) is 12.8 Å². The van der Waals surface area contributed by atoms with Crippen LogP contribution in [0.5, 0.6) is 5.75 Å². The fourth-order valence-electron chi connectivity index (χ4n) is 1.43. The number of nitrogens with one attached hydrogen (secondary N) is 1. The highest BCUT2D eigenvalue weighted by molar-refractivity contribution is 7.92. The predicted octanol–water partition coefficient (Wildman–Crippen LogP) is 3.64. The Bertz CT molecular complexity index is 748. The summed E-state index contributed by atoms with van der Waals surface area (Å²) in [5.74, 6) is -1.41. The minimum atomic E-state index is -3.97. The second-order valence-electron chi connectivity index (χ2n) is 3.84. The highest BCUT2D eigenvalue weighted by Crippen LogP contribution is 2.30. The second kappa shape index (κ2) is 5.47. The third-order valence-corrected chi connectivity index (χ3v) is 4.34. The van der Waals surface area contributed by atoms with Crippen LogP contribution in [0.4, 0.5) is 10.1 Å². The summed E-state index contributed by atoms with van der Waals surface area (Å²) < 4.78 is 39.7. The van der Waals surface area contributed by atoms with Gasteiger partial charge in [0.2, 0.25) is 0 Å². The van der Waals surface area contributed by atoms with Crippen molar-refractivity contribution < 1.29 is 17.9 Å². The summed E-state index contributed by atoms with van der Waals surface area (Å²) in [5.41, 5.74) is -0.359. The van der Waals surface area contributed by atoms with E-state index in [1.165, 1.54) is 24.3 Å². The summed E-state index contributed by atoms with van der Waals surface area (Å²) in [4.78, 5) is -0.0782. The fraction of sp³-hybridized carbons (Fsp3) is 0. The Morgan fingerprint density at radius 2 is 1.70 bits per heavy atom. The van der Waals surface area contributed by atoms with Crippen molar-refractivity contribution in [2.45, 2.75) is 4.90 Å². The van der Waals surface area contributed by atoms with Crippen LogP contribution in [0.3, 0.4) is 0 Å². The molecular weight excluding hydrogens is 328 g/mol. The molecule has 2 aromatic carbocycles. The number of aromatic hydroxyl groups is 1. The third-order valence-electron chi connectivity index (χ3n) is 2.40. The number of sulfonamides is 1. The summed E-state index contributed by atoms with van der Waals surface area (Å²) >= 11 is 11.3. The lowest BCUT2D eigenvalue weighted by atomic mass is 10.3. The van der Waals surface area contributed by atoms with Crippen molar-refractivity contribution in [1.29, 1.82) is 0 Å². The van der Waals surface area contributed by atoms with Gasteiger partial charge in [0.25, 0.3) is 10.0 Å². The molecule has 20 heavy (non-hydrogen) atoms. The molecular formula is C12H8Cl2FNO3S. The molecule has 0 spiro atoms. The van der Waals surface area contributed by atoms with Crippen LogP contribution in [-0.4, -0.2) is 13.5 Å². The Labute approximate surface area is 124 Å². The van der Waals surface area contributed by atoms with Crippen LogP contribution < -0.4 is 4.72 Å². The number of benzene rings is 2. The normalized spacial score (nSPS) is 11.3. The van der Waals surface area contributed by atoms with Crippen molar-refractivity contribution in [2.75, 3.05) is 4.72 Å².